The standard InChI is InChI=1S/C10H21F3N2O/c1-4-14-9(6-16)5-15(8(2)3)7-10(11,12)13/h8-9,14,16H,4-7H2,1-3H3. The van der Waals surface area contributed by atoms with Crippen LogP contribution in [0.15, 0.2) is 0 Å². The van der Waals surface area contributed by atoms with Crippen molar-refractivity contribution in [1.82, 2.24) is 10.2 Å². The van der Waals surface area contributed by atoms with Gasteiger partial charge in [-0.2, -0.15) is 13.2 Å². The van der Waals surface area contributed by atoms with Crippen LogP contribution in [0.4, 0.5) is 13.2 Å². The molecular formula is C10H21F3N2O. The van der Waals surface area contributed by atoms with E-state index in [0.717, 1.165) is 0 Å². The number of aliphatic hydroxyl groups is 1. The van der Waals surface area contributed by atoms with Gasteiger partial charge >= 0.3 is 6.18 Å². The summed E-state index contributed by atoms with van der Waals surface area (Å²) in [6.45, 7) is 5.01. The van der Waals surface area contributed by atoms with E-state index in [4.69, 9.17) is 5.11 Å². The van der Waals surface area contributed by atoms with Crippen molar-refractivity contribution in [2.75, 3.05) is 26.2 Å². The van der Waals surface area contributed by atoms with E-state index in [1.54, 1.807) is 13.8 Å². The molecule has 0 fully saturated rings. The summed E-state index contributed by atoms with van der Waals surface area (Å²) in [7, 11) is 0. The van der Waals surface area contributed by atoms with Crippen molar-refractivity contribution in [2.45, 2.75) is 39.0 Å². The predicted molar refractivity (Wildman–Crippen MR) is 57.3 cm³/mol. The van der Waals surface area contributed by atoms with Gasteiger partial charge in [0.1, 0.15) is 0 Å². The lowest BCUT2D eigenvalue weighted by Crippen LogP contribution is -2.48. The van der Waals surface area contributed by atoms with Gasteiger partial charge in [-0.1, -0.05) is 6.92 Å². The van der Waals surface area contributed by atoms with E-state index >= 15 is 0 Å². The molecule has 0 rings (SSSR count). The van der Waals surface area contributed by atoms with Crippen LogP contribution in [0.3, 0.4) is 0 Å². The second-order valence-electron chi connectivity index (χ2n) is 4.08. The number of halogens is 3. The maximum absolute atomic E-state index is 12.3. The minimum Gasteiger partial charge on any atom is -0.395 e. The van der Waals surface area contributed by atoms with Crippen molar-refractivity contribution in [1.29, 1.82) is 0 Å². The van der Waals surface area contributed by atoms with Crippen LogP contribution in [-0.4, -0.2) is 54.5 Å². The highest BCUT2D eigenvalue weighted by Crippen LogP contribution is 2.18. The molecule has 0 saturated heterocycles. The second kappa shape index (κ2) is 7.09. The fourth-order valence-corrected chi connectivity index (χ4v) is 1.45. The predicted octanol–water partition coefficient (Wildman–Crippen LogP) is 1.23. The van der Waals surface area contributed by atoms with Gasteiger partial charge in [-0.25, -0.2) is 0 Å². The van der Waals surface area contributed by atoms with Crippen LogP contribution < -0.4 is 5.32 Å². The third kappa shape index (κ3) is 7.03. The lowest BCUT2D eigenvalue weighted by Gasteiger charge is -2.30. The lowest BCUT2D eigenvalue weighted by atomic mass is 10.2. The summed E-state index contributed by atoms with van der Waals surface area (Å²) in [5, 5.41) is 12.0. The third-order valence-electron chi connectivity index (χ3n) is 2.28. The molecule has 6 heteroatoms. The van der Waals surface area contributed by atoms with Crippen molar-refractivity contribution in [3.05, 3.63) is 0 Å². The molecule has 0 radical (unpaired) electrons. The largest absolute Gasteiger partial charge is 0.401 e. The van der Waals surface area contributed by atoms with Gasteiger partial charge in [-0.15, -0.1) is 0 Å². The average molecular weight is 242 g/mol. The molecule has 1 unspecified atom stereocenters. The number of alkyl halides is 3. The monoisotopic (exact) mass is 242 g/mol. The van der Waals surface area contributed by atoms with Crippen LogP contribution in [-0.2, 0) is 0 Å². The molecular weight excluding hydrogens is 221 g/mol. The zero-order valence-electron chi connectivity index (χ0n) is 10.0. The normalized spacial score (nSPS) is 14.8. The Labute approximate surface area is 94.6 Å². The van der Waals surface area contributed by atoms with Crippen LogP contribution in [0.25, 0.3) is 0 Å². The van der Waals surface area contributed by atoms with E-state index in [9.17, 15) is 13.2 Å². The fourth-order valence-electron chi connectivity index (χ4n) is 1.45. The zero-order chi connectivity index (χ0) is 12.8. The molecule has 0 aromatic rings. The summed E-state index contributed by atoms with van der Waals surface area (Å²) in [6.07, 6.45) is -4.20. The molecule has 0 bridgehead atoms. The van der Waals surface area contributed by atoms with E-state index < -0.39 is 12.7 Å². The molecule has 0 aromatic carbocycles. The average Bonchev–Trinajstić information content (AvgIpc) is 2.13. The highest BCUT2D eigenvalue weighted by atomic mass is 19.4. The number of hydrogen-bond donors (Lipinski definition) is 2. The highest BCUT2D eigenvalue weighted by Gasteiger charge is 2.32. The molecule has 0 saturated carbocycles. The van der Waals surface area contributed by atoms with Crippen molar-refractivity contribution in [2.24, 2.45) is 0 Å². The quantitative estimate of drug-likeness (QED) is 0.705. The highest BCUT2D eigenvalue weighted by molar-refractivity contribution is 4.75. The summed E-state index contributed by atoms with van der Waals surface area (Å²) in [5.74, 6) is 0. The van der Waals surface area contributed by atoms with E-state index in [2.05, 4.69) is 5.32 Å². The third-order valence-corrected chi connectivity index (χ3v) is 2.28. The topological polar surface area (TPSA) is 35.5 Å². The minimum absolute atomic E-state index is 0.158. The second-order valence-corrected chi connectivity index (χ2v) is 4.08. The summed E-state index contributed by atoms with van der Waals surface area (Å²) in [4.78, 5) is 1.31. The van der Waals surface area contributed by atoms with Crippen LogP contribution in [0.2, 0.25) is 0 Å². The molecule has 3 nitrogen and oxygen atoms in total. The van der Waals surface area contributed by atoms with Crippen molar-refractivity contribution >= 4 is 0 Å². The first kappa shape index (κ1) is 15.7. The first-order valence-electron chi connectivity index (χ1n) is 5.45. The molecule has 0 aliphatic heterocycles. The molecule has 0 heterocycles. The van der Waals surface area contributed by atoms with E-state index in [0.29, 0.717) is 6.54 Å². The number of hydrogen-bond acceptors (Lipinski definition) is 3. The molecule has 1 atom stereocenters. The van der Waals surface area contributed by atoms with E-state index in [-0.39, 0.29) is 25.2 Å². The number of rotatable bonds is 7. The minimum atomic E-state index is -4.20. The first-order valence-corrected chi connectivity index (χ1v) is 5.45. The van der Waals surface area contributed by atoms with Crippen molar-refractivity contribution in [3.63, 3.8) is 0 Å². The Balaban J connectivity index is 4.31. The van der Waals surface area contributed by atoms with Crippen LogP contribution in [0.5, 0.6) is 0 Å². The van der Waals surface area contributed by atoms with Gasteiger partial charge in [0.2, 0.25) is 0 Å². The molecule has 0 aromatic heterocycles. The Morgan fingerprint density at radius 2 is 1.88 bits per heavy atom. The van der Waals surface area contributed by atoms with Gasteiger partial charge in [-0.3, -0.25) is 4.90 Å². The Morgan fingerprint density at radius 3 is 2.19 bits per heavy atom. The Kier molecular flexibility index (Phi) is 6.94. The molecule has 0 aliphatic carbocycles. The number of aliphatic hydroxyl groups excluding tert-OH is 1. The van der Waals surface area contributed by atoms with Crippen molar-refractivity contribution in [3.8, 4) is 0 Å². The van der Waals surface area contributed by atoms with Crippen molar-refractivity contribution < 1.29 is 18.3 Å². The summed E-state index contributed by atoms with van der Waals surface area (Å²) >= 11 is 0. The van der Waals surface area contributed by atoms with Gasteiger partial charge in [0, 0.05) is 18.6 Å². The Bertz CT molecular complexity index is 185. The molecule has 0 amide bonds. The van der Waals surface area contributed by atoms with Gasteiger partial charge in [0.05, 0.1) is 13.2 Å². The Hall–Kier alpha value is -0.330. The SMILES string of the molecule is CCNC(CO)CN(CC(F)(F)F)C(C)C. The van der Waals surface area contributed by atoms with Crippen LogP contribution >= 0.6 is 0 Å². The summed E-state index contributed by atoms with van der Waals surface area (Å²) in [6, 6.07) is -0.510. The number of nitrogens with zero attached hydrogens (tertiary/aromatic N) is 1. The number of nitrogens with one attached hydrogen (secondary N) is 1. The first-order chi connectivity index (χ1) is 7.30. The maximum atomic E-state index is 12.3. The summed E-state index contributed by atoms with van der Waals surface area (Å²) < 4.78 is 36.8. The van der Waals surface area contributed by atoms with Gasteiger partial charge < -0.3 is 10.4 Å². The molecule has 98 valence electrons. The van der Waals surface area contributed by atoms with Crippen LogP contribution in [0, 0.1) is 0 Å². The summed E-state index contributed by atoms with van der Waals surface area (Å²) in [5.41, 5.74) is 0. The molecule has 2 N–H and O–H groups in total. The van der Waals surface area contributed by atoms with Gasteiger partial charge in [0.15, 0.2) is 0 Å². The lowest BCUT2D eigenvalue weighted by molar-refractivity contribution is -0.150. The van der Waals surface area contributed by atoms with E-state index in [1.165, 1.54) is 4.90 Å². The number of likely N-dealkylation sites (N-methyl/N-ethyl adjacent to an activating group) is 1. The van der Waals surface area contributed by atoms with Gasteiger partial charge in [-0.05, 0) is 20.4 Å². The smallest absolute Gasteiger partial charge is 0.395 e. The van der Waals surface area contributed by atoms with E-state index in [1.807, 2.05) is 6.92 Å². The van der Waals surface area contributed by atoms with Gasteiger partial charge in [0.25, 0.3) is 0 Å². The molecule has 0 spiro atoms. The fraction of sp³-hybridized carbons (Fsp3) is 1.00. The zero-order valence-corrected chi connectivity index (χ0v) is 10.0. The molecule has 0 aliphatic rings. The van der Waals surface area contributed by atoms with Crippen LogP contribution in [0.1, 0.15) is 20.8 Å². The Morgan fingerprint density at radius 1 is 1.31 bits per heavy atom. The molecule has 16 heavy (non-hydrogen) atoms. The maximum Gasteiger partial charge on any atom is 0.401 e.